The maximum atomic E-state index is 13.4. The Bertz CT molecular complexity index is 1010. The van der Waals surface area contributed by atoms with Crippen molar-refractivity contribution in [2.75, 3.05) is 52.5 Å². The molecule has 2 aromatic rings. The molecule has 0 aromatic heterocycles. The van der Waals surface area contributed by atoms with Gasteiger partial charge in [0.2, 0.25) is 15.9 Å². The van der Waals surface area contributed by atoms with Crippen LogP contribution in [0.3, 0.4) is 0 Å². The van der Waals surface area contributed by atoms with Crippen LogP contribution >= 0.6 is 0 Å². The van der Waals surface area contributed by atoms with Gasteiger partial charge in [0.05, 0.1) is 13.2 Å². The molecule has 4 rings (SSSR count). The topological polar surface area (TPSA) is 70.2 Å². The van der Waals surface area contributed by atoms with Gasteiger partial charge in [0.15, 0.2) is 0 Å². The summed E-state index contributed by atoms with van der Waals surface area (Å²) >= 11 is 0. The first-order chi connectivity index (χ1) is 15.5. The molecule has 0 radical (unpaired) electrons. The number of benzene rings is 2. The second-order valence-corrected chi connectivity index (χ2v) is 9.76. The monoisotopic (exact) mass is 455 g/mol. The molecule has 0 spiro atoms. The van der Waals surface area contributed by atoms with E-state index in [1.165, 1.54) is 9.71 Å². The SMILES string of the molecule is O=C(C(c1ccccc1)N1CCN(S(=O)(=O)C=Cc2ccccc2)CC1)N1CCOCC1. The van der Waals surface area contributed by atoms with Crippen LogP contribution < -0.4 is 0 Å². The lowest BCUT2D eigenvalue weighted by atomic mass is 10.0. The van der Waals surface area contributed by atoms with Crippen LogP contribution in [0.25, 0.3) is 6.08 Å². The zero-order chi connectivity index (χ0) is 22.4. The van der Waals surface area contributed by atoms with Crippen molar-refractivity contribution in [3.8, 4) is 0 Å². The van der Waals surface area contributed by atoms with Gasteiger partial charge in [-0.05, 0) is 17.2 Å². The van der Waals surface area contributed by atoms with E-state index < -0.39 is 16.1 Å². The number of rotatable bonds is 6. The summed E-state index contributed by atoms with van der Waals surface area (Å²) in [7, 11) is -3.52. The maximum Gasteiger partial charge on any atom is 0.244 e. The van der Waals surface area contributed by atoms with Gasteiger partial charge in [-0.1, -0.05) is 60.7 Å². The number of hydrogen-bond donors (Lipinski definition) is 0. The average molecular weight is 456 g/mol. The number of piperazine rings is 1. The van der Waals surface area contributed by atoms with Gasteiger partial charge < -0.3 is 9.64 Å². The van der Waals surface area contributed by atoms with Gasteiger partial charge in [-0.25, -0.2) is 8.42 Å². The Hall–Kier alpha value is -2.52. The number of carbonyl (C=O) groups is 1. The Morgan fingerprint density at radius 2 is 1.44 bits per heavy atom. The Kier molecular flexibility index (Phi) is 7.36. The lowest BCUT2D eigenvalue weighted by Crippen LogP contribution is -2.53. The maximum absolute atomic E-state index is 13.4. The van der Waals surface area contributed by atoms with Crippen LogP contribution in [0.4, 0.5) is 0 Å². The van der Waals surface area contributed by atoms with Crippen molar-refractivity contribution < 1.29 is 17.9 Å². The van der Waals surface area contributed by atoms with E-state index in [0.717, 1.165) is 11.1 Å². The molecule has 2 aromatic carbocycles. The second kappa shape index (κ2) is 10.4. The molecule has 0 N–H and O–H groups in total. The summed E-state index contributed by atoms with van der Waals surface area (Å²) in [6, 6.07) is 18.7. The highest BCUT2D eigenvalue weighted by molar-refractivity contribution is 7.92. The summed E-state index contributed by atoms with van der Waals surface area (Å²) in [5.74, 6) is 0.0554. The number of amides is 1. The van der Waals surface area contributed by atoms with Crippen LogP contribution in [0.5, 0.6) is 0 Å². The molecule has 2 aliphatic heterocycles. The first-order valence-electron chi connectivity index (χ1n) is 10.9. The molecule has 1 unspecified atom stereocenters. The van der Waals surface area contributed by atoms with E-state index in [-0.39, 0.29) is 5.91 Å². The van der Waals surface area contributed by atoms with E-state index >= 15 is 0 Å². The number of ether oxygens (including phenoxy) is 1. The smallest absolute Gasteiger partial charge is 0.244 e. The second-order valence-electron chi connectivity index (χ2n) is 7.94. The molecule has 0 saturated carbocycles. The molecular weight excluding hydrogens is 426 g/mol. The fourth-order valence-corrected chi connectivity index (χ4v) is 5.31. The molecule has 0 aliphatic carbocycles. The van der Waals surface area contributed by atoms with Crippen molar-refractivity contribution in [3.63, 3.8) is 0 Å². The third-order valence-corrected chi connectivity index (χ3v) is 7.47. The van der Waals surface area contributed by atoms with Crippen LogP contribution in [0.1, 0.15) is 17.2 Å². The minimum Gasteiger partial charge on any atom is -0.378 e. The first kappa shape index (κ1) is 22.7. The van der Waals surface area contributed by atoms with Gasteiger partial charge in [0.1, 0.15) is 6.04 Å². The lowest BCUT2D eigenvalue weighted by molar-refractivity contribution is -0.142. The number of carbonyl (C=O) groups excluding carboxylic acids is 1. The fraction of sp³-hybridized carbons (Fsp3) is 0.375. The third-order valence-electron chi connectivity index (χ3n) is 5.90. The standard InChI is InChI=1S/C24H29N3O4S/c28-24(26-16-18-31-19-17-26)23(22-9-5-2-6-10-22)25-12-14-27(15-13-25)32(29,30)20-11-21-7-3-1-4-8-21/h1-11,20,23H,12-19H2. The van der Waals surface area contributed by atoms with E-state index in [1.54, 1.807) is 6.08 Å². The Balaban J connectivity index is 1.46. The molecule has 7 nitrogen and oxygen atoms in total. The predicted octanol–water partition coefficient (Wildman–Crippen LogP) is 2.20. The van der Waals surface area contributed by atoms with E-state index in [0.29, 0.717) is 52.5 Å². The lowest BCUT2D eigenvalue weighted by Gasteiger charge is -2.40. The van der Waals surface area contributed by atoms with Crippen LogP contribution in [-0.4, -0.2) is 80.9 Å². The van der Waals surface area contributed by atoms with Gasteiger partial charge in [-0.3, -0.25) is 9.69 Å². The molecule has 2 fully saturated rings. The molecule has 170 valence electrons. The Morgan fingerprint density at radius 3 is 2.06 bits per heavy atom. The van der Waals surface area contributed by atoms with E-state index in [2.05, 4.69) is 4.90 Å². The summed E-state index contributed by atoms with van der Waals surface area (Å²) < 4.78 is 32.5. The zero-order valence-electron chi connectivity index (χ0n) is 18.0. The summed E-state index contributed by atoms with van der Waals surface area (Å²) in [4.78, 5) is 17.4. The van der Waals surface area contributed by atoms with E-state index in [9.17, 15) is 13.2 Å². The van der Waals surface area contributed by atoms with Gasteiger partial charge in [0, 0.05) is 44.7 Å². The van der Waals surface area contributed by atoms with Crippen molar-refractivity contribution in [1.29, 1.82) is 0 Å². The highest BCUT2D eigenvalue weighted by Gasteiger charge is 2.35. The number of morpholine rings is 1. The summed E-state index contributed by atoms with van der Waals surface area (Å²) in [5, 5.41) is 1.27. The summed E-state index contributed by atoms with van der Waals surface area (Å²) in [5.41, 5.74) is 1.78. The predicted molar refractivity (Wildman–Crippen MR) is 124 cm³/mol. The van der Waals surface area contributed by atoms with Crippen molar-refractivity contribution in [1.82, 2.24) is 14.1 Å². The van der Waals surface area contributed by atoms with Crippen molar-refractivity contribution in [3.05, 3.63) is 77.2 Å². The molecular formula is C24H29N3O4S. The fourth-order valence-electron chi connectivity index (χ4n) is 4.13. The minimum absolute atomic E-state index is 0.0554. The number of hydrogen-bond acceptors (Lipinski definition) is 5. The van der Waals surface area contributed by atoms with E-state index in [4.69, 9.17) is 4.74 Å². The quantitative estimate of drug-likeness (QED) is 0.668. The van der Waals surface area contributed by atoms with Gasteiger partial charge in [0.25, 0.3) is 0 Å². The molecule has 0 bridgehead atoms. The Morgan fingerprint density at radius 1 is 0.844 bits per heavy atom. The molecule has 2 heterocycles. The van der Waals surface area contributed by atoms with Gasteiger partial charge >= 0.3 is 0 Å². The van der Waals surface area contributed by atoms with Crippen LogP contribution in [0, 0.1) is 0 Å². The third kappa shape index (κ3) is 5.45. The number of nitrogens with zero attached hydrogens (tertiary/aromatic N) is 3. The molecule has 1 amide bonds. The van der Waals surface area contributed by atoms with Crippen molar-refractivity contribution in [2.45, 2.75) is 6.04 Å². The highest BCUT2D eigenvalue weighted by atomic mass is 32.2. The summed E-state index contributed by atoms with van der Waals surface area (Å²) in [6.45, 7) is 3.95. The van der Waals surface area contributed by atoms with E-state index in [1.807, 2.05) is 65.6 Å². The summed E-state index contributed by atoms with van der Waals surface area (Å²) in [6.07, 6.45) is 1.62. The first-order valence-corrected chi connectivity index (χ1v) is 12.4. The largest absolute Gasteiger partial charge is 0.378 e. The molecule has 8 heteroatoms. The normalized spacial score (nSPS) is 19.8. The van der Waals surface area contributed by atoms with Crippen LogP contribution in [-0.2, 0) is 19.6 Å². The molecule has 2 saturated heterocycles. The number of sulfonamides is 1. The molecule has 1 atom stereocenters. The minimum atomic E-state index is -3.52. The van der Waals surface area contributed by atoms with Gasteiger partial charge in [-0.15, -0.1) is 0 Å². The van der Waals surface area contributed by atoms with Gasteiger partial charge in [-0.2, -0.15) is 4.31 Å². The van der Waals surface area contributed by atoms with Crippen molar-refractivity contribution in [2.24, 2.45) is 0 Å². The zero-order valence-corrected chi connectivity index (χ0v) is 18.9. The highest BCUT2D eigenvalue weighted by Crippen LogP contribution is 2.26. The van der Waals surface area contributed by atoms with Crippen molar-refractivity contribution >= 4 is 22.0 Å². The Labute approximate surface area is 189 Å². The average Bonchev–Trinajstić information content (AvgIpc) is 2.85. The van der Waals surface area contributed by atoms with Crippen LogP contribution in [0.15, 0.2) is 66.1 Å². The van der Waals surface area contributed by atoms with Crippen LogP contribution in [0.2, 0.25) is 0 Å². The molecule has 2 aliphatic rings. The molecule has 32 heavy (non-hydrogen) atoms.